The minimum absolute atomic E-state index is 0.365. The van der Waals surface area contributed by atoms with E-state index in [1.807, 2.05) is 36.4 Å². The van der Waals surface area contributed by atoms with E-state index in [9.17, 15) is 0 Å². The lowest BCUT2D eigenvalue weighted by molar-refractivity contribution is 0.753. The maximum Gasteiger partial charge on any atom is 0.169 e. The van der Waals surface area contributed by atoms with Crippen LogP contribution < -0.4 is 10.2 Å². The molecule has 292 valence electrons. The standard InChI is InChI=1S/C58H40N4/c1-4-19-39(20-5-1)55-59-56(40-21-6-2-7-22-40)61-57(60-55)43-24-18-23-41(37-43)45-27-10-11-28-46(45)42-35-36-48-47-29-12-13-30-49(47)58(52(48)38-42)50-31-14-16-33-53(50)62(44-25-8-3-9-26-44)54-34-17-15-32-51(54)58/h1-38,55H,(H,59,60,61). The summed E-state index contributed by atoms with van der Waals surface area (Å²) in [4.78, 5) is 12.7. The van der Waals surface area contributed by atoms with Gasteiger partial charge in [-0.2, -0.15) is 0 Å². The molecule has 0 aromatic heterocycles. The molecule has 0 bridgehead atoms. The van der Waals surface area contributed by atoms with Gasteiger partial charge in [0.05, 0.1) is 16.8 Å². The van der Waals surface area contributed by atoms with Crippen molar-refractivity contribution in [2.75, 3.05) is 4.90 Å². The van der Waals surface area contributed by atoms with Crippen molar-refractivity contribution in [1.82, 2.24) is 5.32 Å². The second-order valence-electron chi connectivity index (χ2n) is 16.1. The van der Waals surface area contributed by atoms with Gasteiger partial charge in [-0.1, -0.05) is 194 Å². The third kappa shape index (κ3) is 5.61. The summed E-state index contributed by atoms with van der Waals surface area (Å²) in [5, 5.41) is 3.61. The van der Waals surface area contributed by atoms with Gasteiger partial charge in [0.1, 0.15) is 11.7 Å². The number of aliphatic imine (C=N–C) groups is 2. The Labute approximate surface area is 361 Å². The molecule has 0 amide bonds. The van der Waals surface area contributed by atoms with Gasteiger partial charge in [0.2, 0.25) is 0 Å². The monoisotopic (exact) mass is 792 g/mol. The SMILES string of the molecule is c1ccc(C2=NC(c3ccccc3)N=C(c3cccc(-c4ccccc4-c4ccc5c(c4)C4(c6ccccc6-5)c5ccccc5N(c5ccccc5)c5ccccc54)c3)N2)cc1. The molecule has 2 aliphatic heterocycles. The Morgan fingerprint density at radius 1 is 0.355 bits per heavy atom. The smallest absolute Gasteiger partial charge is 0.169 e. The van der Waals surface area contributed by atoms with Crippen molar-refractivity contribution < 1.29 is 0 Å². The van der Waals surface area contributed by atoms with Crippen molar-refractivity contribution in [2.45, 2.75) is 11.6 Å². The molecule has 0 saturated carbocycles. The molecule has 2 heterocycles. The summed E-state index contributed by atoms with van der Waals surface area (Å²) in [6.07, 6.45) is -0.365. The zero-order valence-electron chi connectivity index (χ0n) is 33.9. The van der Waals surface area contributed by atoms with Crippen LogP contribution in [0.5, 0.6) is 0 Å². The molecule has 1 unspecified atom stereocenters. The van der Waals surface area contributed by atoms with Crippen LogP contribution in [0.1, 0.15) is 45.1 Å². The number of nitrogens with zero attached hydrogens (tertiary/aromatic N) is 3. The highest BCUT2D eigenvalue weighted by molar-refractivity contribution is 6.16. The number of amidine groups is 2. The van der Waals surface area contributed by atoms with Crippen LogP contribution >= 0.6 is 0 Å². The largest absolute Gasteiger partial charge is 0.324 e. The van der Waals surface area contributed by atoms with Crippen molar-refractivity contribution in [3.05, 3.63) is 269 Å². The predicted octanol–water partition coefficient (Wildman–Crippen LogP) is 13.7. The van der Waals surface area contributed by atoms with Crippen LogP contribution in [0.2, 0.25) is 0 Å². The van der Waals surface area contributed by atoms with Crippen molar-refractivity contribution in [2.24, 2.45) is 9.98 Å². The van der Waals surface area contributed by atoms with Gasteiger partial charge < -0.3 is 10.2 Å². The molecule has 1 aliphatic carbocycles. The molecule has 3 aliphatic rings. The molecule has 1 N–H and O–H groups in total. The number of nitrogens with one attached hydrogen (secondary N) is 1. The highest BCUT2D eigenvalue weighted by Crippen LogP contribution is 2.63. The Bertz CT molecular complexity index is 3180. The predicted molar refractivity (Wildman–Crippen MR) is 255 cm³/mol. The highest BCUT2D eigenvalue weighted by atomic mass is 15.2. The van der Waals surface area contributed by atoms with E-state index in [4.69, 9.17) is 9.98 Å². The van der Waals surface area contributed by atoms with Crippen LogP contribution in [0.15, 0.2) is 241 Å². The van der Waals surface area contributed by atoms with E-state index in [2.05, 4.69) is 204 Å². The van der Waals surface area contributed by atoms with E-state index in [1.54, 1.807) is 0 Å². The lowest BCUT2D eigenvalue weighted by atomic mass is 9.64. The van der Waals surface area contributed by atoms with Crippen LogP contribution in [0.4, 0.5) is 17.1 Å². The third-order valence-corrected chi connectivity index (χ3v) is 12.7. The molecular formula is C58H40N4. The Hall–Kier alpha value is -8.08. The molecule has 1 atom stereocenters. The number of anilines is 3. The van der Waals surface area contributed by atoms with Gasteiger partial charge in [-0.3, -0.25) is 0 Å². The Morgan fingerprint density at radius 2 is 0.839 bits per heavy atom. The third-order valence-electron chi connectivity index (χ3n) is 12.7. The second kappa shape index (κ2) is 14.6. The maximum atomic E-state index is 5.20. The Kier molecular flexibility index (Phi) is 8.42. The first-order valence-electron chi connectivity index (χ1n) is 21.3. The first-order valence-corrected chi connectivity index (χ1v) is 21.3. The van der Waals surface area contributed by atoms with Gasteiger partial charge in [0.15, 0.2) is 6.17 Å². The topological polar surface area (TPSA) is 40.0 Å². The summed E-state index contributed by atoms with van der Waals surface area (Å²) >= 11 is 0. The van der Waals surface area contributed by atoms with Crippen LogP contribution in [-0.4, -0.2) is 11.7 Å². The quantitative estimate of drug-likeness (QED) is 0.182. The number of hydrogen-bond acceptors (Lipinski definition) is 4. The molecular weight excluding hydrogens is 753 g/mol. The second-order valence-corrected chi connectivity index (χ2v) is 16.1. The zero-order valence-corrected chi connectivity index (χ0v) is 33.9. The zero-order chi connectivity index (χ0) is 41.0. The van der Waals surface area contributed by atoms with E-state index in [0.717, 1.165) is 45.2 Å². The molecule has 1 spiro atoms. The molecule has 12 rings (SSSR count). The molecule has 4 heteroatoms. The van der Waals surface area contributed by atoms with Crippen molar-refractivity contribution >= 4 is 28.7 Å². The number of rotatable bonds is 6. The molecule has 62 heavy (non-hydrogen) atoms. The van der Waals surface area contributed by atoms with Crippen LogP contribution in [-0.2, 0) is 5.41 Å². The average Bonchev–Trinajstić information content (AvgIpc) is 3.65. The highest BCUT2D eigenvalue weighted by Gasteiger charge is 2.51. The van der Waals surface area contributed by atoms with Crippen molar-refractivity contribution in [1.29, 1.82) is 0 Å². The summed E-state index contributed by atoms with van der Waals surface area (Å²) < 4.78 is 0. The van der Waals surface area contributed by atoms with E-state index in [-0.39, 0.29) is 6.17 Å². The lowest BCUT2D eigenvalue weighted by Crippen LogP contribution is -2.36. The minimum atomic E-state index is -0.534. The summed E-state index contributed by atoms with van der Waals surface area (Å²) in [7, 11) is 0. The molecule has 0 saturated heterocycles. The van der Waals surface area contributed by atoms with E-state index < -0.39 is 5.41 Å². The van der Waals surface area contributed by atoms with E-state index in [1.165, 1.54) is 55.9 Å². The number of benzene rings is 9. The van der Waals surface area contributed by atoms with E-state index in [0.29, 0.717) is 0 Å². The van der Waals surface area contributed by atoms with Gasteiger partial charge in [-0.25, -0.2) is 9.98 Å². The molecule has 9 aromatic carbocycles. The molecule has 4 nitrogen and oxygen atoms in total. The Balaban J connectivity index is 1.01. The van der Waals surface area contributed by atoms with Gasteiger partial charge >= 0.3 is 0 Å². The number of hydrogen-bond donors (Lipinski definition) is 1. The van der Waals surface area contributed by atoms with Gasteiger partial charge in [-0.05, 0) is 97.6 Å². The molecule has 9 aromatic rings. The number of para-hydroxylation sites is 3. The van der Waals surface area contributed by atoms with Crippen LogP contribution in [0.25, 0.3) is 33.4 Å². The maximum absolute atomic E-state index is 5.20. The normalized spacial score (nSPS) is 15.4. The number of fused-ring (bicyclic) bond motifs is 9. The first-order chi connectivity index (χ1) is 30.8. The fourth-order valence-electron chi connectivity index (χ4n) is 10.1. The van der Waals surface area contributed by atoms with Gasteiger partial charge in [0.25, 0.3) is 0 Å². The average molecular weight is 793 g/mol. The van der Waals surface area contributed by atoms with Crippen LogP contribution in [0.3, 0.4) is 0 Å². The van der Waals surface area contributed by atoms with Crippen molar-refractivity contribution in [3.8, 4) is 33.4 Å². The van der Waals surface area contributed by atoms with Gasteiger partial charge in [0, 0.05) is 16.8 Å². The fourth-order valence-corrected chi connectivity index (χ4v) is 10.1. The summed E-state index contributed by atoms with van der Waals surface area (Å²) in [5.41, 5.74) is 18.4. The Morgan fingerprint density at radius 3 is 1.52 bits per heavy atom. The van der Waals surface area contributed by atoms with E-state index >= 15 is 0 Å². The summed E-state index contributed by atoms with van der Waals surface area (Å²) in [6, 6.07) is 83.1. The summed E-state index contributed by atoms with van der Waals surface area (Å²) in [5.74, 6) is 1.60. The van der Waals surface area contributed by atoms with Crippen molar-refractivity contribution in [3.63, 3.8) is 0 Å². The minimum Gasteiger partial charge on any atom is -0.324 e. The first kappa shape index (κ1) is 35.8. The van der Waals surface area contributed by atoms with Crippen LogP contribution in [0, 0.1) is 0 Å². The molecule has 0 fully saturated rings. The van der Waals surface area contributed by atoms with Gasteiger partial charge in [-0.15, -0.1) is 0 Å². The summed E-state index contributed by atoms with van der Waals surface area (Å²) in [6.45, 7) is 0. The molecule has 0 radical (unpaired) electrons. The lowest BCUT2D eigenvalue weighted by Gasteiger charge is -2.45. The fraction of sp³-hybridized carbons (Fsp3) is 0.0345.